The van der Waals surface area contributed by atoms with Crippen molar-refractivity contribution in [3.05, 3.63) is 22.8 Å². The molecule has 1 aromatic rings. The molecule has 1 fully saturated rings. The van der Waals surface area contributed by atoms with Gasteiger partial charge >= 0.3 is 0 Å². The number of anilines is 1. The van der Waals surface area contributed by atoms with Crippen LogP contribution in [0, 0.1) is 5.41 Å². The first-order valence-corrected chi connectivity index (χ1v) is 6.23. The van der Waals surface area contributed by atoms with Gasteiger partial charge in [0.05, 0.1) is 0 Å². The number of rotatable bonds is 1. The van der Waals surface area contributed by atoms with Crippen LogP contribution in [0.25, 0.3) is 0 Å². The zero-order valence-corrected chi connectivity index (χ0v) is 10.9. The highest BCUT2D eigenvalue weighted by atomic mass is 79.9. The van der Waals surface area contributed by atoms with E-state index in [2.05, 4.69) is 51.8 Å². The van der Waals surface area contributed by atoms with Crippen molar-refractivity contribution in [3.8, 4) is 0 Å². The first-order chi connectivity index (χ1) is 7.07. The van der Waals surface area contributed by atoms with Crippen molar-refractivity contribution in [2.24, 2.45) is 5.41 Å². The second-order valence-corrected chi connectivity index (χ2v) is 5.90. The molecule has 0 N–H and O–H groups in total. The van der Waals surface area contributed by atoms with E-state index in [9.17, 15) is 0 Å². The zero-order valence-electron chi connectivity index (χ0n) is 9.33. The number of piperidine rings is 1. The Bertz CT molecular complexity index is 322. The molecule has 2 rings (SSSR count). The maximum absolute atomic E-state index is 4.43. The van der Waals surface area contributed by atoms with Gasteiger partial charge in [-0.2, -0.15) is 0 Å². The summed E-state index contributed by atoms with van der Waals surface area (Å²) in [5.74, 6) is 1.11. The second kappa shape index (κ2) is 4.12. The Morgan fingerprint density at radius 2 is 1.93 bits per heavy atom. The third kappa shape index (κ3) is 2.71. The van der Waals surface area contributed by atoms with Gasteiger partial charge < -0.3 is 4.90 Å². The molecule has 2 nitrogen and oxygen atoms in total. The van der Waals surface area contributed by atoms with Gasteiger partial charge in [0.1, 0.15) is 5.82 Å². The molecule has 0 aliphatic carbocycles. The fraction of sp³-hybridized carbons (Fsp3) is 0.583. The van der Waals surface area contributed by atoms with Crippen molar-refractivity contribution in [1.29, 1.82) is 0 Å². The van der Waals surface area contributed by atoms with Gasteiger partial charge in [0.25, 0.3) is 0 Å². The van der Waals surface area contributed by atoms with Crippen LogP contribution in [-0.4, -0.2) is 18.1 Å². The van der Waals surface area contributed by atoms with Crippen molar-refractivity contribution in [2.75, 3.05) is 18.0 Å². The van der Waals surface area contributed by atoms with Gasteiger partial charge in [-0.1, -0.05) is 13.8 Å². The predicted molar refractivity (Wildman–Crippen MR) is 67.2 cm³/mol. The maximum Gasteiger partial charge on any atom is 0.128 e. The Labute approximate surface area is 99.8 Å². The van der Waals surface area contributed by atoms with Crippen LogP contribution in [0.4, 0.5) is 5.82 Å². The van der Waals surface area contributed by atoms with Crippen LogP contribution in [0.2, 0.25) is 0 Å². The van der Waals surface area contributed by atoms with Gasteiger partial charge in [0.15, 0.2) is 0 Å². The Morgan fingerprint density at radius 1 is 1.27 bits per heavy atom. The molecule has 0 atom stereocenters. The summed E-state index contributed by atoms with van der Waals surface area (Å²) in [6.45, 7) is 6.95. The van der Waals surface area contributed by atoms with E-state index in [0.29, 0.717) is 5.41 Å². The number of pyridine rings is 1. The SMILES string of the molecule is CC1(C)CCN(c2ccc(Br)cn2)CC1. The second-order valence-electron chi connectivity index (χ2n) is 4.99. The van der Waals surface area contributed by atoms with E-state index in [1.54, 1.807) is 0 Å². The zero-order chi connectivity index (χ0) is 10.9. The largest absolute Gasteiger partial charge is 0.357 e. The monoisotopic (exact) mass is 268 g/mol. The molecule has 0 aromatic carbocycles. The summed E-state index contributed by atoms with van der Waals surface area (Å²) >= 11 is 3.41. The molecular formula is C12H17BrN2. The molecule has 1 saturated heterocycles. The smallest absolute Gasteiger partial charge is 0.128 e. The molecule has 1 aliphatic rings. The number of aromatic nitrogens is 1. The molecule has 0 unspecified atom stereocenters. The van der Waals surface area contributed by atoms with E-state index in [1.165, 1.54) is 12.8 Å². The molecule has 2 heterocycles. The van der Waals surface area contributed by atoms with Gasteiger partial charge in [-0.05, 0) is 46.3 Å². The summed E-state index contributed by atoms with van der Waals surface area (Å²) in [6.07, 6.45) is 4.38. The van der Waals surface area contributed by atoms with Crippen LogP contribution in [0.5, 0.6) is 0 Å². The standard InChI is InChI=1S/C12H17BrN2/c1-12(2)5-7-15(8-6-12)11-4-3-10(13)9-14-11/h3-4,9H,5-8H2,1-2H3. The van der Waals surface area contributed by atoms with Crippen LogP contribution < -0.4 is 4.90 Å². The van der Waals surface area contributed by atoms with Crippen LogP contribution in [-0.2, 0) is 0 Å². The van der Waals surface area contributed by atoms with Crippen molar-refractivity contribution in [2.45, 2.75) is 26.7 Å². The molecule has 0 spiro atoms. The summed E-state index contributed by atoms with van der Waals surface area (Å²) in [7, 11) is 0. The first-order valence-electron chi connectivity index (χ1n) is 5.43. The Hall–Kier alpha value is -0.570. The van der Waals surface area contributed by atoms with Gasteiger partial charge in [0, 0.05) is 23.8 Å². The van der Waals surface area contributed by atoms with Crippen LogP contribution in [0.15, 0.2) is 22.8 Å². The van der Waals surface area contributed by atoms with E-state index < -0.39 is 0 Å². The molecule has 0 amide bonds. The lowest BCUT2D eigenvalue weighted by atomic mass is 9.83. The molecule has 0 radical (unpaired) electrons. The van der Waals surface area contributed by atoms with Gasteiger partial charge in [-0.25, -0.2) is 4.98 Å². The van der Waals surface area contributed by atoms with Crippen molar-refractivity contribution >= 4 is 21.7 Å². The number of halogens is 1. The van der Waals surface area contributed by atoms with Crippen molar-refractivity contribution < 1.29 is 0 Å². The molecule has 0 saturated carbocycles. The highest BCUT2D eigenvalue weighted by Crippen LogP contribution is 2.31. The van der Waals surface area contributed by atoms with E-state index in [0.717, 1.165) is 23.4 Å². The Balaban J connectivity index is 2.04. The van der Waals surface area contributed by atoms with Gasteiger partial charge in [-0.3, -0.25) is 0 Å². The maximum atomic E-state index is 4.43. The van der Waals surface area contributed by atoms with E-state index in [4.69, 9.17) is 0 Å². The quantitative estimate of drug-likeness (QED) is 0.776. The molecule has 0 bridgehead atoms. The van der Waals surface area contributed by atoms with E-state index in [-0.39, 0.29) is 0 Å². The number of nitrogens with zero attached hydrogens (tertiary/aromatic N) is 2. The van der Waals surface area contributed by atoms with Crippen molar-refractivity contribution in [1.82, 2.24) is 4.98 Å². The summed E-state index contributed by atoms with van der Waals surface area (Å²) in [4.78, 5) is 6.80. The Kier molecular flexibility index (Phi) is 3.01. The third-order valence-electron chi connectivity index (χ3n) is 3.15. The fourth-order valence-corrected chi connectivity index (χ4v) is 2.13. The number of hydrogen-bond acceptors (Lipinski definition) is 2. The summed E-state index contributed by atoms with van der Waals surface area (Å²) in [5, 5.41) is 0. The molecule has 15 heavy (non-hydrogen) atoms. The minimum absolute atomic E-state index is 0.506. The summed E-state index contributed by atoms with van der Waals surface area (Å²) in [5.41, 5.74) is 0.506. The van der Waals surface area contributed by atoms with Crippen LogP contribution in [0.1, 0.15) is 26.7 Å². The van der Waals surface area contributed by atoms with Crippen LogP contribution >= 0.6 is 15.9 Å². The summed E-state index contributed by atoms with van der Waals surface area (Å²) < 4.78 is 1.04. The Morgan fingerprint density at radius 3 is 2.47 bits per heavy atom. The lowest BCUT2D eigenvalue weighted by molar-refractivity contribution is 0.279. The molecule has 3 heteroatoms. The average Bonchev–Trinajstić information content (AvgIpc) is 2.20. The van der Waals surface area contributed by atoms with E-state index >= 15 is 0 Å². The molecule has 82 valence electrons. The van der Waals surface area contributed by atoms with Gasteiger partial charge in [0.2, 0.25) is 0 Å². The lowest BCUT2D eigenvalue weighted by Gasteiger charge is -2.37. The summed E-state index contributed by atoms with van der Waals surface area (Å²) in [6, 6.07) is 4.14. The first kappa shape index (κ1) is 10.9. The molecular weight excluding hydrogens is 252 g/mol. The van der Waals surface area contributed by atoms with Crippen molar-refractivity contribution in [3.63, 3.8) is 0 Å². The third-order valence-corrected chi connectivity index (χ3v) is 3.62. The normalized spacial score (nSPS) is 20.3. The molecule has 1 aromatic heterocycles. The minimum Gasteiger partial charge on any atom is -0.357 e. The fourth-order valence-electron chi connectivity index (χ4n) is 1.90. The number of hydrogen-bond donors (Lipinski definition) is 0. The highest BCUT2D eigenvalue weighted by Gasteiger charge is 2.25. The lowest BCUT2D eigenvalue weighted by Crippen LogP contribution is -2.37. The topological polar surface area (TPSA) is 16.1 Å². The average molecular weight is 269 g/mol. The highest BCUT2D eigenvalue weighted by molar-refractivity contribution is 9.10. The van der Waals surface area contributed by atoms with E-state index in [1.807, 2.05) is 6.20 Å². The van der Waals surface area contributed by atoms with Crippen LogP contribution in [0.3, 0.4) is 0 Å². The predicted octanol–water partition coefficient (Wildman–Crippen LogP) is 3.47. The van der Waals surface area contributed by atoms with Gasteiger partial charge in [-0.15, -0.1) is 0 Å². The minimum atomic E-state index is 0.506. The molecule has 1 aliphatic heterocycles.